The summed E-state index contributed by atoms with van der Waals surface area (Å²) in [7, 11) is 1.72. The monoisotopic (exact) mass is 510 g/mol. The molecule has 196 valence electrons. The molecule has 6 rings (SSSR count). The van der Waals surface area contributed by atoms with Gasteiger partial charge in [0.15, 0.2) is 35.7 Å². The Kier molecular flexibility index (Phi) is 6.61. The fourth-order valence-corrected chi connectivity index (χ4v) is 5.67. The number of benzene rings is 3. The molecule has 5 nitrogen and oxygen atoms in total. The zero-order valence-corrected chi connectivity index (χ0v) is 22.8. The molecular formula is C33H36NO4+. The highest BCUT2D eigenvalue weighted by Crippen LogP contribution is 2.44. The molecule has 0 spiro atoms. The van der Waals surface area contributed by atoms with Gasteiger partial charge in [0.05, 0.1) is 24.7 Å². The van der Waals surface area contributed by atoms with E-state index >= 15 is 0 Å². The molecule has 2 aliphatic heterocycles. The molecule has 1 aromatic heterocycles. The number of fused-ring (bicyclic) bond motifs is 5. The Morgan fingerprint density at radius 1 is 0.974 bits per heavy atom. The first kappa shape index (κ1) is 24.6. The number of methoxy groups -OCH3 is 1. The largest absolute Gasteiger partial charge is 0.493 e. The highest BCUT2D eigenvalue weighted by atomic mass is 16.7. The van der Waals surface area contributed by atoms with E-state index in [0.717, 1.165) is 60.6 Å². The molecule has 0 amide bonds. The van der Waals surface area contributed by atoms with Crippen LogP contribution in [0.3, 0.4) is 0 Å². The van der Waals surface area contributed by atoms with Crippen LogP contribution in [-0.4, -0.2) is 20.5 Å². The van der Waals surface area contributed by atoms with E-state index < -0.39 is 0 Å². The summed E-state index contributed by atoms with van der Waals surface area (Å²) in [6.07, 6.45) is 6.11. The predicted octanol–water partition coefficient (Wildman–Crippen LogP) is 6.98. The van der Waals surface area contributed by atoms with Crippen molar-refractivity contribution in [3.63, 3.8) is 0 Å². The second-order valence-corrected chi connectivity index (χ2v) is 10.6. The Labute approximate surface area is 224 Å². The lowest BCUT2D eigenvalue weighted by Gasteiger charge is -2.21. The van der Waals surface area contributed by atoms with Crippen molar-refractivity contribution in [2.75, 3.05) is 20.5 Å². The second kappa shape index (κ2) is 10.2. The number of aromatic nitrogens is 1. The van der Waals surface area contributed by atoms with Crippen LogP contribution in [0.2, 0.25) is 0 Å². The zero-order chi connectivity index (χ0) is 26.2. The topological polar surface area (TPSA) is 40.8 Å². The summed E-state index contributed by atoms with van der Waals surface area (Å²) in [5.41, 5.74) is 7.72. The summed E-state index contributed by atoms with van der Waals surface area (Å²) in [5, 5.41) is 2.30. The van der Waals surface area contributed by atoms with Gasteiger partial charge in [0.25, 0.3) is 0 Å². The molecular weight excluding hydrogens is 474 g/mol. The average Bonchev–Trinajstić information content (AvgIpc) is 3.39. The molecule has 0 saturated carbocycles. The Morgan fingerprint density at radius 2 is 1.76 bits per heavy atom. The molecule has 0 fully saturated rings. The van der Waals surface area contributed by atoms with Crippen LogP contribution < -0.4 is 23.5 Å². The minimum Gasteiger partial charge on any atom is -0.493 e. The van der Waals surface area contributed by atoms with Crippen LogP contribution in [-0.2, 0) is 19.4 Å². The minimum atomic E-state index is 0.281. The Morgan fingerprint density at radius 3 is 2.50 bits per heavy atom. The van der Waals surface area contributed by atoms with E-state index in [2.05, 4.69) is 80.1 Å². The van der Waals surface area contributed by atoms with Gasteiger partial charge in [-0.15, -0.1) is 0 Å². The van der Waals surface area contributed by atoms with E-state index in [1.807, 2.05) is 0 Å². The van der Waals surface area contributed by atoms with E-state index in [1.54, 1.807) is 7.11 Å². The Hall–Kier alpha value is -3.73. The normalized spacial score (nSPS) is 13.5. The number of ether oxygens (including phenoxy) is 4. The van der Waals surface area contributed by atoms with Crippen molar-refractivity contribution in [1.82, 2.24) is 0 Å². The molecule has 0 radical (unpaired) electrons. The molecule has 0 N–H and O–H groups in total. The molecule has 0 aliphatic carbocycles. The van der Waals surface area contributed by atoms with Gasteiger partial charge >= 0.3 is 0 Å². The third kappa shape index (κ3) is 4.34. The van der Waals surface area contributed by atoms with Crippen LogP contribution >= 0.6 is 0 Å². The van der Waals surface area contributed by atoms with Gasteiger partial charge in [-0.2, -0.15) is 4.57 Å². The number of hydrogen-bond acceptors (Lipinski definition) is 4. The molecule has 0 unspecified atom stereocenters. The Bertz CT molecular complexity index is 1490. The molecule has 4 aromatic rings. The van der Waals surface area contributed by atoms with Crippen molar-refractivity contribution in [3.05, 3.63) is 77.0 Å². The molecule has 38 heavy (non-hydrogen) atoms. The van der Waals surface area contributed by atoms with Crippen molar-refractivity contribution in [3.8, 4) is 34.3 Å². The van der Waals surface area contributed by atoms with Crippen molar-refractivity contribution < 1.29 is 23.5 Å². The van der Waals surface area contributed by atoms with Crippen LogP contribution in [0.5, 0.6) is 23.0 Å². The summed E-state index contributed by atoms with van der Waals surface area (Å²) in [5.74, 6) is 3.79. The van der Waals surface area contributed by atoms with Gasteiger partial charge in [-0.1, -0.05) is 51.5 Å². The Balaban J connectivity index is 1.57. The third-order valence-electron chi connectivity index (χ3n) is 7.81. The summed E-state index contributed by atoms with van der Waals surface area (Å²) in [6.45, 7) is 8.50. The lowest BCUT2D eigenvalue weighted by Crippen LogP contribution is -2.41. The van der Waals surface area contributed by atoms with E-state index in [9.17, 15) is 0 Å². The summed E-state index contributed by atoms with van der Waals surface area (Å²) < 4.78 is 26.0. The molecule has 0 atom stereocenters. The smallest absolute Gasteiger partial charge is 0.231 e. The van der Waals surface area contributed by atoms with Gasteiger partial charge in [-0.3, -0.25) is 0 Å². The maximum Gasteiger partial charge on any atom is 0.231 e. The van der Waals surface area contributed by atoms with Crippen LogP contribution in [0, 0.1) is 0 Å². The minimum absolute atomic E-state index is 0.281. The molecule has 3 heterocycles. The highest BCUT2D eigenvalue weighted by molar-refractivity contribution is 5.95. The zero-order valence-electron chi connectivity index (χ0n) is 22.8. The van der Waals surface area contributed by atoms with E-state index in [0.29, 0.717) is 12.5 Å². The average molecular weight is 511 g/mol. The van der Waals surface area contributed by atoms with E-state index in [-0.39, 0.29) is 6.79 Å². The summed E-state index contributed by atoms with van der Waals surface area (Å²) >= 11 is 0. The second-order valence-electron chi connectivity index (χ2n) is 10.6. The van der Waals surface area contributed by atoms with Gasteiger partial charge in [0, 0.05) is 23.8 Å². The standard InChI is InChI=1S/C33H36NO4/c1-5-6-15-36-33-28-19-34-14-13-24-17-30-31(38-20-37-30)18-26(24)32(34)27(25(28)11-12-29(33)35-4)16-22-7-9-23(10-8-22)21(2)3/h7-12,17-19,21H,5-6,13-16,20H2,1-4H3/q+1. The van der Waals surface area contributed by atoms with Crippen LogP contribution in [0.1, 0.15) is 61.8 Å². The summed E-state index contributed by atoms with van der Waals surface area (Å²) in [6, 6.07) is 17.7. The van der Waals surface area contributed by atoms with Crippen molar-refractivity contribution >= 4 is 10.8 Å². The fourth-order valence-electron chi connectivity index (χ4n) is 5.67. The number of rotatable bonds is 8. The first-order chi connectivity index (χ1) is 18.6. The SMILES string of the molecule is CCCCOc1c(OC)ccc2c(Cc3ccc(C(C)C)cc3)c3[n+](cc12)CCc1cc2c(cc1-3)OCO2. The maximum atomic E-state index is 6.38. The number of nitrogens with zero attached hydrogens (tertiary/aromatic N) is 1. The highest BCUT2D eigenvalue weighted by Gasteiger charge is 2.32. The predicted molar refractivity (Wildman–Crippen MR) is 150 cm³/mol. The van der Waals surface area contributed by atoms with E-state index in [4.69, 9.17) is 18.9 Å². The lowest BCUT2D eigenvalue weighted by molar-refractivity contribution is -0.686. The van der Waals surface area contributed by atoms with Crippen LogP contribution in [0.15, 0.2) is 54.7 Å². The fraction of sp³-hybridized carbons (Fsp3) is 0.364. The number of aryl methyl sites for hydroxylation is 2. The quantitative estimate of drug-likeness (QED) is 0.189. The number of unbranched alkanes of at least 4 members (excludes halogenated alkanes) is 1. The number of hydrogen-bond donors (Lipinski definition) is 0. The van der Waals surface area contributed by atoms with Gasteiger partial charge in [-0.05, 0) is 53.3 Å². The van der Waals surface area contributed by atoms with Gasteiger partial charge in [-0.25, -0.2) is 0 Å². The van der Waals surface area contributed by atoms with Crippen LogP contribution in [0.25, 0.3) is 22.0 Å². The van der Waals surface area contributed by atoms with Crippen molar-refractivity contribution in [2.24, 2.45) is 0 Å². The summed E-state index contributed by atoms with van der Waals surface area (Å²) in [4.78, 5) is 0. The van der Waals surface area contributed by atoms with Gasteiger partial charge in [0.2, 0.25) is 12.5 Å². The third-order valence-corrected chi connectivity index (χ3v) is 7.81. The molecule has 0 saturated heterocycles. The lowest BCUT2D eigenvalue weighted by atomic mass is 9.88. The van der Waals surface area contributed by atoms with Crippen molar-refractivity contribution in [1.29, 1.82) is 0 Å². The number of pyridine rings is 1. The first-order valence-corrected chi connectivity index (χ1v) is 13.8. The van der Waals surface area contributed by atoms with E-state index in [1.165, 1.54) is 38.9 Å². The first-order valence-electron chi connectivity index (χ1n) is 13.8. The molecule has 3 aromatic carbocycles. The van der Waals surface area contributed by atoms with Gasteiger partial charge in [0.1, 0.15) is 0 Å². The van der Waals surface area contributed by atoms with Crippen LogP contribution in [0.4, 0.5) is 0 Å². The maximum absolute atomic E-state index is 6.38. The molecule has 0 bridgehead atoms. The van der Waals surface area contributed by atoms with Gasteiger partial charge < -0.3 is 18.9 Å². The molecule has 5 heteroatoms. The van der Waals surface area contributed by atoms with Crippen molar-refractivity contribution in [2.45, 2.75) is 58.9 Å². The molecule has 2 aliphatic rings.